The van der Waals surface area contributed by atoms with Crippen LogP contribution in [0.1, 0.15) is 17.5 Å². The molecule has 0 spiro atoms. The lowest BCUT2D eigenvalue weighted by Gasteiger charge is -2.03. The fraction of sp³-hybridized carbons (Fsp3) is 0.438. The summed E-state index contributed by atoms with van der Waals surface area (Å²) >= 11 is 0. The molecular weight excluding hydrogens is 250 g/mol. The summed E-state index contributed by atoms with van der Waals surface area (Å²) in [5.74, 6) is 0. The Kier molecular flexibility index (Phi) is 6.27. The number of nitrogens with one attached hydrogen (secondary N) is 1. The fourth-order valence-corrected chi connectivity index (χ4v) is 2.11. The molecule has 1 heterocycles. The maximum Gasteiger partial charge on any atom is 0.0659 e. The van der Waals surface area contributed by atoms with Crippen molar-refractivity contribution < 1.29 is 4.74 Å². The van der Waals surface area contributed by atoms with Crippen molar-refractivity contribution >= 4 is 0 Å². The lowest BCUT2D eigenvalue weighted by molar-refractivity contribution is 0.199. The van der Waals surface area contributed by atoms with Gasteiger partial charge in [-0.3, -0.25) is 4.68 Å². The summed E-state index contributed by atoms with van der Waals surface area (Å²) in [4.78, 5) is 0. The first-order valence-electron chi connectivity index (χ1n) is 7.13. The topological polar surface area (TPSA) is 39.1 Å². The summed E-state index contributed by atoms with van der Waals surface area (Å²) in [6.45, 7) is 3.55. The van der Waals surface area contributed by atoms with Gasteiger partial charge in [-0.15, -0.1) is 0 Å². The summed E-state index contributed by atoms with van der Waals surface area (Å²) < 4.78 is 6.99. The predicted molar refractivity (Wildman–Crippen MR) is 80.8 cm³/mol. The Labute approximate surface area is 120 Å². The van der Waals surface area contributed by atoms with E-state index in [1.54, 1.807) is 7.11 Å². The van der Waals surface area contributed by atoms with Gasteiger partial charge in [-0.1, -0.05) is 30.3 Å². The molecule has 1 aromatic heterocycles. The Morgan fingerprint density at radius 2 is 2.00 bits per heavy atom. The van der Waals surface area contributed by atoms with Gasteiger partial charge in [-0.2, -0.15) is 5.10 Å². The van der Waals surface area contributed by atoms with Gasteiger partial charge in [-0.05, 0) is 30.5 Å². The van der Waals surface area contributed by atoms with Crippen molar-refractivity contribution in [2.45, 2.75) is 19.4 Å². The molecule has 0 radical (unpaired) electrons. The van der Waals surface area contributed by atoms with E-state index in [1.165, 1.54) is 11.1 Å². The predicted octanol–water partition coefficient (Wildman–Crippen LogP) is 2.10. The van der Waals surface area contributed by atoms with Crippen LogP contribution in [0.4, 0.5) is 0 Å². The first-order chi connectivity index (χ1) is 9.88. The average molecular weight is 273 g/mol. The molecule has 0 aliphatic carbocycles. The SMILES string of the molecule is COCCNCCCc1cnn(Cc2ccccc2)c1. The van der Waals surface area contributed by atoms with Crippen molar-refractivity contribution in [2.75, 3.05) is 26.8 Å². The van der Waals surface area contributed by atoms with Gasteiger partial charge < -0.3 is 10.1 Å². The Balaban J connectivity index is 1.70. The van der Waals surface area contributed by atoms with Gasteiger partial charge in [0.25, 0.3) is 0 Å². The van der Waals surface area contributed by atoms with Crippen LogP contribution >= 0.6 is 0 Å². The van der Waals surface area contributed by atoms with Crippen LogP contribution in [0.15, 0.2) is 42.7 Å². The van der Waals surface area contributed by atoms with E-state index >= 15 is 0 Å². The molecule has 20 heavy (non-hydrogen) atoms. The minimum Gasteiger partial charge on any atom is -0.383 e. The zero-order valence-corrected chi connectivity index (χ0v) is 12.1. The summed E-state index contributed by atoms with van der Waals surface area (Å²) in [5, 5.41) is 7.77. The standard InChI is InChI=1S/C16H23N3O/c1-20-11-10-17-9-5-8-16-12-18-19(14-16)13-15-6-3-2-4-7-15/h2-4,6-7,12,14,17H,5,8-11,13H2,1H3. The lowest BCUT2D eigenvalue weighted by Crippen LogP contribution is -2.20. The average Bonchev–Trinajstić information content (AvgIpc) is 2.91. The molecule has 1 N–H and O–H groups in total. The molecule has 108 valence electrons. The van der Waals surface area contributed by atoms with E-state index in [-0.39, 0.29) is 0 Å². The second-order valence-corrected chi connectivity index (χ2v) is 4.88. The molecule has 1 aromatic carbocycles. The second kappa shape index (κ2) is 8.51. The van der Waals surface area contributed by atoms with Gasteiger partial charge in [-0.25, -0.2) is 0 Å². The first kappa shape index (κ1) is 14.8. The fourth-order valence-electron chi connectivity index (χ4n) is 2.11. The molecule has 2 aromatic rings. The Hall–Kier alpha value is -1.65. The van der Waals surface area contributed by atoms with E-state index in [2.05, 4.69) is 40.9 Å². The van der Waals surface area contributed by atoms with Gasteiger partial charge >= 0.3 is 0 Å². The number of rotatable bonds is 9. The van der Waals surface area contributed by atoms with Crippen LogP contribution in [-0.2, 0) is 17.7 Å². The third kappa shape index (κ3) is 5.15. The number of aromatic nitrogens is 2. The van der Waals surface area contributed by atoms with Crippen molar-refractivity contribution in [3.05, 3.63) is 53.9 Å². The summed E-state index contributed by atoms with van der Waals surface area (Å²) in [5.41, 5.74) is 2.58. The highest BCUT2D eigenvalue weighted by molar-refractivity contribution is 5.15. The number of methoxy groups -OCH3 is 1. The van der Waals surface area contributed by atoms with E-state index < -0.39 is 0 Å². The third-order valence-corrected chi connectivity index (χ3v) is 3.18. The number of ether oxygens (including phenoxy) is 1. The highest BCUT2D eigenvalue weighted by Crippen LogP contribution is 2.05. The number of benzene rings is 1. The monoisotopic (exact) mass is 273 g/mol. The van der Waals surface area contributed by atoms with Gasteiger partial charge in [0, 0.05) is 19.9 Å². The number of hydrogen-bond donors (Lipinski definition) is 1. The normalized spacial score (nSPS) is 10.8. The van der Waals surface area contributed by atoms with Crippen LogP contribution in [0.25, 0.3) is 0 Å². The Morgan fingerprint density at radius 1 is 1.15 bits per heavy atom. The van der Waals surface area contributed by atoms with Crippen molar-refractivity contribution in [1.82, 2.24) is 15.1 Å². The zero-order valence-electron chi connectivity index (χ0n) is 12.1. The number of hydrogen-bond acceptors (Lipinski definition) is 3. The van der Waals surface area contributed by atoms with Gasteiger partial charge in [0.2, 0.25) is 0 Å². The zero-order chi connectivity index (χ0) is 14.0. The Bertz CT molecular complexity index is 481. The minimum atomic E-state index is 0.773. The molecule has 0 amide bonds. The summed E-state index contributed by atoms with van der Waals surface area (Å²) in [6.07, 6.45) is 6.30. The minimum absolute atomic E-state index is 0.773. The summed E-state index contributed by atoms with van der Waals surface area (Å²) in [7, 11) is 1.73. The van der Waals surface area contributed by atoms with Crippen molar-refractivity contribution in [2.24, 2.45) is 0 Å². The molecule has 0 fully saturated rings. The van der Waals surface area contributed by atoms with E-state index in [0.29, 0.717) is 0 Å². The van der Waals surface area contributed by atoms with Crippen LogP contribution in [0.2, 0.25) is 0 Å². The summed E-state index contributed by atoms with van der Waals surface area (Å²) in [6, 6.07) is 10.4. The second-order valence-electron chi connectivity index (χ2n) is 4.88. The molecule has 0 aliphatic heterocycles. The molecule has 0 saturated carbocycles. The largest absolute Gasteiger partial charge is 0.383 e. The third-order valence-electron chi connectivity index (χ3n) is 3.18. The molecule has 0 bridgehead atoms. The van der Waals surface area contributed by atoms with Gasteiger partial charge in [0.05, 0.1) is 19.3 Å². The maximum atomic E-state index is 4.99. The molecular formula is C16H23N3O. The van der Waals surface area contributed by atoms with Crippen molar-refractivity contribution in [3.8, 4) is 0 Å². The molecule has 4 heteroatoms. The number of aryl methyl sites for hydroxylation is 1. The molecule has 4 nitrogen and oxygen atoms in total. The quantitative estimate of drug-likeness (QED) is 0.711. The van der Waals surface area contributed by atoms with Crippen molar-refractivity contribution in [1.29, 1.82) is 0 Å². The van der Waals surface area contributed by atoms with E-state index in [9.17, 15) is 0 Å². The smallest absolute Gasteiger partial charge is 0.0659 e. The molecule has 2 rings (SSSR count). The molecule has 0 aliphatic rings. The van der Waals surface area contributed by atoms with Crippen LogP contribution in [0.3, 0.4) is 0 Å². The molecule has 0 saturated heterocycles. The van der Waals surface area contributed by atoms with Crippen LogP contribution in [0.5, 0.6) is 0 Å². The molecule has 0 unspecified atom stereocenters. The number of nitrogens with zero attached hydrogens (tertiary/aromatic N) is 2. The van der Waals surface area contributed by atoms with E-state index in [4.69, 9.17) is 4.74 Å². The first-order valence-corrected chi connectivity index (χ1v) is 7.13. The Morgan fingerprint density at radius 3 is 2.80 bits per heavy atom. The van der Waals surface area contributed by atoms with E-state index in [1.807, 2.05) is 16.9 Å². The van der Waals surface area contributed by atoms with Gasteiger partial charge in [0.1, 0.15) is 0 Å². The highest BCUT2D eigenvalue weighted by Gasteiger charge is 1.99. The molecule has 0 atom stereocenters. The van der Waals surface area contributed by atoms with Crippen LogP contribution < -0.4 is 5.32 Å². The van der Waals surface area contributed by atoms with Crippen LogP contribution in [-0.4, -0.2) is 36.6 Å². The lowest BCUT2D eigenvalue weighted by atomic mass is 10.2. The highest BCUT2D eigenvalue weighted by atomic mass is 16.5. The van der Waals surface area contributed by atoms with Crippen LogP contribution in [0, 0.1) is 0 Å². The maximum absolute atomic E-state index is 4.99. The van der Waals surface area contributed by atoms with E-state index in [0.717, 1.165) is 39.1 Å². The van der Waals surface area contributed by atoms with Crippen molar-refractivity contribution in [3.63, 3.8) is 0 Å². The van der Waals surface area contributed by atoms with Gasteiger partial charge in [0.15, 0.2) is 0 Å².